The molecule has 0 saturated carbocycles. The van der Waals surface area contributed by atoms with Gasteiger partial charge in [-0.1, -0.05) is 30.4 Å². The van der Waals surface area contributed by atoms with Crippen LogP contribution in [-0.2, 0) is 16.0 Å². The third kappa shape index (κ3) is 4.20. The van der Waals surface area contributed by atoms with Crippen LogP contribution < -0.4 is 15.4 Å². The van der Waals surface area contributed by atoms with Crippen LogP contribution in [0.15, 0.2) is 64.8 Å². The van der Waals surface area contributed by atoms with E-state index in [0.29, 0.717) is 19.6 Å². The number of allylic oxidation sites excluding steroid dienone is 4. The summed E-state index contributed by atoms with van der Waals surface area (Å²) in [7, 11) is 0. The first-order valence-corrected chi connectivity index (χ1v) is 9.90. The van der Waals surface area contributed by atoms with Crippen LogP contribution in [0.1, 0.15) is 18.9 Å². The van der Waals surface area contributed by atoms with Crippen molar-refractivity contribution in [3.8, 4) is 5.75 Å². The number of aliphatic carboxylic acids is 1. The first-order chi connectivity index (χ1) is 14.2. The highest BCUT2D eigenvalue weighted by Gasteiger charge is 2.23. The molecule has 1 aromatic carbocycles. The van der Waals surface area contributed by atoms with Crippen LogP contribution in [0.4, 0.5) is 0 Å². The van der Waals surface area contributed by atoms with Gasteiger partial charge in [-0.2, -0.15) is 0 Å². The summed E-state index contributed by atoms with van der Waals surface area (Å²) in [5.41, 5.74) is 4.34. The zero-order chi connectivity index (χ0) is 20.2. The lowest BCUT2D eigenvalue weighted by Gasteiger charge is -2.19. The summed E-state index contributed by atoms with van der Waals surface area (Å²) < 4.78 is 16.9. The van der Waals surface area contributed by atoms with Gasteiger partial charge in [-0.25, -0.2) is 4.79 Å². The largest absolute Gasteiger partial charge is 0.494 e. The van der Waals surface area contributed by atoms with Crippen LogP contribution >= 0.6 is 0 Å². The molecule has 5 heteroatoms. The summed E-state index contributed by atoms with van der Waals surface area (Å²) >= 11 is 0. The Morgan fingerprint density at radius 3 is 2.83 bits per heavy atom. The van der Waals surface area contributed by atoms with Crippen LogP contribution in [-0.4, -0.2) is 30.4 Å². The molecule has 0 saturated heterocycles. The van der Waals surface area contributed by atoms with E-state index < -0.39 is 12.1 Å². The van der Waals surface area contributed by atoms with Crippen LogP contribution in [0.2, 0.25) is 0 Å². The van der Waals surface area contributed by atoms with E-state index in [-0.39, 0.29) is 5.92 Å². The van der Waals surface area contributed by atoms with Crippen molar-refractivity contribution in [1.82, 2.24) is 0 Å². The van der Waals surface area contributed by atoms with Crippen molar-refractivity contribution in [2.45, 2.75) is 25.9 Å². The number of hydrogen-bond acceptors (Lipinski definition) is 4. The summed E-state index contributed by atoms with van der Waals surface area (Å²) in [6, 6.07) is 9.53. The fourth-order valence-electron chi connectivity index (χ4n) is 3.84. The third-order valence-corrected chi connectivity index (χ3v) is 5.24. The van der Waals surface area contributed by atoms with Crippen LogP contribution in [0, 0.1) is 5.92 Å². The maximum Gasteiger partial charge on any atom is 0.333 e. The maximum atomic E-state index is 11.2. The molecule has 2 unspecified atom stereocenters. The summed E-state index contributed by atoms with van der Waals surface area (Å²) in [5, 5.41) is 10.3. The van der Waals surface area contributed by atoms with E-state index in [4.69, 9.17) is 13.9 Å². The van der Waals surface area contributed by atoms with Gasteiger partial charge < -0.3 is 19.0 Å². The number of furan rings is 1. The Balaban J connectivity index is 1.34. The Morgan fingerprint density at radius 1 is 1.24 bits per heavy atom. The molecule has 0 aliphatic heterocycles. The molecular formula is C24H24O5. The molecule has 150 valence electrons. The molecule has 5 nitrogen and oxygen atoms in total. The molecule has 4 rings (SSSR count). The zero-order valence-electron chi connectivity index (χ0n) is 16.3. The Bertz CT molecular complexity index is 1060. The lowest BCUT2D eigenvalue weighted by molar-refractivity contribution is -0.149. The van der Waals surface area contributed by atoms with E-state index in [2.05, 4.69) is 24.3 Å². The van der Waals surface area contributed by atoms with E-state index in [1.165, 1.54) is 11.1 Å². The minimum Gasteiger partial charge on any atom is -0.494 e. The van der Waals surface area contributed by atoms with E-state index in [1.54, 1.807) is 13.2 Å². The van der Waals surface area contributed by atoms with Crippen molar-refractivity contribution in [1.29, 1.82) is 0 Å². The fraction of sp³-hybridized carbons (Fsp3) is 0.292. The van der Waals surface area contributed by atoms with Crippen molar-refractivity contribution in [3.63, 3.8) is 0 Å². The Kier molecular flexibility index (Phi) is 5.67. The van der Waals surface area contributed by atoms with Gasteiger partial charge >= 0.3 is 5.97 Å². The number of fused-ring (bicyclic) bond motifs is 2. The van der Waals surface area contributed by atoms with Gasteiger partial charge in [-0.05, 0) is 48.8 Å². The topological polar surface area (TPSA) is 68.9 Å². The van der Waals surface area contributed by atoms with Crippen molar-refractivity contribution >= 4 is 17.6 Å². The summed E-state index contributed by atoms with van der Waals surface area (Å²) in [4.78, 5) is 11.2. The minimum atomic E-state index is -0.942. The monoisotopic (exact) mass is 392 g/mol. The van der Waals surface area contributed by atoms with Gasteiger partial charge in [0.1, 0.15) is 11.2 Å². The predicted octanol–water partition coefficient (Wildman–Crippen LogP) is 2.84. The second-order valence-corrected chi connectivity index (χ2v) is 7.14. The summed E-state index contributed by atoms with van der Waals surface area (Å²) in [6.07, 6.45) is 10.7. The Morgan fingerprint density at radius 2 is 2.07 bits per heavy atom. The van der Waals surface area contributed by atoms with Crippen molar-refractivity contribution in [3.05, 3.63) is 76.6 Å². The van der Waals surface area contributed by atoms with E-state index >= 15 is 0 Å². The number of ether oxygens (including phenoxy) is 2. The molecule has 2 aromatic rings. The number of benzene rings is 1. The molecule has 29 heavy (non-hydrogen) atoms. The molecule has 0 fully saturated rings. The molecular weight excluding hydrogens is 368 g/mol. The minimum absolute atomic E-state index is 0.264. The molecule has 0 bridgehead atoms. The maximum absolute atomic E-state index is 11.2. The highest BCUT2D eigenvalue weighted by Crippen LogP contribution is 2.31. The molecule has 1 aromatic heterocycles. The van der Waals surface area contributed by atoms with Crippen molar-refractivity contribution in [2.75, 3.05) is 13.2 Å². The Hall–Kier alpha value is -3.05. The second kappa shape index (κ2) is 8.53. The summed E-state index contributed by atoms with van der Waals surface area (Å²) in [5.74, 6) is 0.0946. The summed E-state index contributed by atoms with van der Waals surface area (Å²) in [6.45, 7) is 2.75. The molecule has 1 N–H and O–H groups in total. The normalized spacial score (nSPS) is 17.9. The average molecular weight is 392 g/mol. The van der Waals surface area contributed by atoms with Crippen molar-refractivity contribution in [2.24, 2.45) is 5.92 Å². The highest BCUT2D eigenvalue weighted by molar-refractivity contribution is 5.84. The fourth-order valence-corrected chi connectivity index (χ4v) is 3.84. The van der Waals surface area contributed by atoms with Gasteiger partial charge in [0.05, 0.1) is 12.9 Å². The van der Waals surface area contributed by atoms with Gasteiger partial charge in [0.15, 0.2) is 6.10 Å². The van der Waals surface area contributed by atoms with Gasteiger partial charge in [-0.15, -0.1) is 0 Å². The zero-order valence-corrected chi connectivity index (χ0v) is 16.3. The Labute approximate surface area is 169 Å². The van der Waals surface area contributed by atoms with Crippen LogP contribution in [0.5, 0.6) is 5.75 Å². The second-order valence-electron chi connectivity index (χ2n) is 7.14. The van der Waals surface area contributed by atoms with Gasteiger partial charge in [0.2, 0.25) is 0 Å². The van der Waals surface area contributed by atoms with Gasteiger partial charge in [-0.3, -0.25) is 0 Å². The number of hydrogen-bond donors (Lipinski definition) is 1. The van der Waals surface area contributed by atoms with Gasteiger partial charge in [0.25, 0.3) is 0 Å². The highest BCUT2D eigenvalue weighted by atomic mass is 16.5. The first kappa shape index (κ1) is 19.3. The molecule has 0 radical (unpaired) electrons. The van der Waals surface area contributed by atoms with E-state index in [1.807, 2.05) is 30.3 Å². The molecule has 2 atom stereocenters. The predicted molar refractivity (Wildman–Crippen MR) is 110 cm³/mol. The molecule has 2 aliphatic rings. The first-order valence-electron chi connectivity index (χ1n) is 9.90. The lowest BCUT2D eigenvalue weighted by Crippen LogP contribution is -2.26. The lowest BCUT2D eigenvalue weighted by atomic mass is 9.88. The van der Waals surface area contributed by atoms with Crippen LogP contribution in [0.25, 0.3) is 11.6 Å². The standard InChI is InChI=1S/C24H24O5/c1-2-27-21(24(25)26)14-16-6-8-20(9-7-16)28-12-10-17-4-3-5-18-15-19-11-13-29-23(19)22(17)18/h3-9,11,13,15,17,21H,2,10,12,14H2,1H3,(H,25,26). The molecule has 1 heterocycles. The average Bonchev–Trinajstić information content (AvgIpc) is 3.30. The van der Waals surface area contributed by atoms with Crippen molar-refractivity contribution < 1.29 is 23.8 Å². The number of rotatable bonds is 9. The molecule has 0 amide bonds. The van der Waals surface area contributed by atoms with Crippen LogP contribution in [0.3, 0.4) is 0 Å². The number of carbonyl (C=O) groups is 1. The smallest absolute Gasteiger partial charge is 0.333 e. The number of carboxylic acid groups (broad SMARTS) is 1. The van der Waals surface area contributed by atoms with Gasteiger partial charge in [0, 0.05) is 29.7 Å². The SMILES string of the molecule is CCOC(Cc1ccc(OCCC2C=CC=C3C=c4ccoc4=C32)cc1)C(=O)O. The third-order valence-electron chi connectivity index (χ3n) is 5.24. The quantitative estimate of drug-likeness (QED) is 0.711. The van der Waals surface area contributed by atoms with E-state index in [9.17, 15) is 9.90 Å². The molecule has 2 aliphatic carbocycles. The van der Waals surface area contributed by atoms with E-state index in [0.717, 1.165) is 28.4 Å². The molecule has 0 spiro atoms. The number of carboxylic acids is 1.